The fraction of sp³-hybridized carbons (Fsp3) is 0.468. The second-order valence-corrected chi connectivity index (χ2v) is 17.3. The smallest absolute Gasteiger partial charge is 0.326 e. The van der Waals surface area contributed by atoms with Crippen LogP contribution in [0.2, 0.25) is 0 Å². The molecule has 0 saturated heterocycles. The number of aliphatic carboxylic acids is 1. The van der Waals surface area contributed by atoms with Gasteiger partial charge in [-0.3, -0.25) is 28.8 Å². The number of phenols is 2. The SMILES string of the molecule is CC[C@H](C)[C@H](NC(=O)[C@@H](N)CCSC)C(=O)N[C@@H](Cc1ccc(O)cc1)C(=O)N[C@@H](CCCCN)C(=O)N[C@@H](C)C(=O)N[C@@H](Cc1ccc(O)cc1)C(=O)N[C@@H](Cc1ccccc1)C(=O)O. The Morgan fingerprint density at radius 2 is 1.05 bits per heavy atom. The molecular formula is C47H66N8O10S. The second-order valence-electron chi connectivity index (χ2n) is 16.3. The highest BCUT2D eigenvalue weighted by atomic mass is 32.2. The number of nitrogens with two attached hydrogens (primary N) is 2. The Morgan fingerprint density at radius 1 is 0.576 bits per heavy atom. The Hall–Kier alpha value is -6.18. The van der Waals surface area contributed by atoms with Crippen LogP contribution in [0.15, 0.2) is 78.9 Å². The van der Waals surface area contributed by atoms with Gasteiger partial charge in [-0.1, -0.05) is 74.9 Å². The largest absolute Gasteiger partial charge is 0.508 e. The van der Waals surface area contributed by atoms with Gasteiger partial charge in [0.05, 0.1) is 6.04 Å². The molecule has 8 atom stereocenters. The molecule has 13 N–H and O–H groups in total. The van der Waals surface area contributed by atoms with Gasteiger partial charge in [0, 0.05) is 19.3 Å². The number of amides is 6. The molecule has 0 aromatic heterocycles. The number of hydrogen-bond acceptors (Lipinski definition) is 12. The number of nitrogens with one attached hydrogen (secondary N) is 6. The summed E-state index contributed by atoms with van der Waals surface area (Å²) < 4.78 is 0. The van der Waals surface area contributed by atoms with Crippen molar-refractivity contribution in [2.24, 2.45) is 17.4 Å². The van der Waals surface area contributed by atoms with Crippen LogP contribution in [0.5, 0.6) is 11.5 Å². The topological polar surface area (TPSA) is 304 Å². The van der Waals surface area contributed by atoms with Crippen molar-refractivity contribution in [3.63, 3.8) is 0 Å². The van der Waals surface area contributed by atoms with Crippen molar-refractivity contribution in [1.29, 1.82) is 0 Å². The van der Waals surface area contributed by atoms with Crippen LogP contribution in [-0.2, 0) is 52.8 Å². The molecule has 6 amide bonds. The van der Waals surface area contributed by atoms with Gasteiger partial charge in [-0.15, -0.1) is 0 Å². The first-order valence-corrected chi connectivity index (χ1v) is 23.4. The highest BCUT2D eigenvalue weighted by Crippen LogP contribution is 2.16. The van der Waals surface area contributed by atoms with Crippen molar-refractivity contribution in [2.75, 3.05) is 18.6 Å². The number of carboxylic acids is 1. The van der Waals surface area contributed by atoms with Crippen LogP contribution in [0.25, 0.3) is 0 Å². The number of carbonyl (C=O) groups excluding carboxylic acids is 6. The Bertz CT molecular complexity index is 2040. The Kier molecular flexibility index (Phi) is 23.0. The number of carbonyl (C=O) groups is 7. The third-order valence-electron chi connectivity index (χ3n) is 11.0. The molecule has 0 spiro atoms. The third-order valence-corrected chi connectivity index (χ3v) is 11.7. The maximum Gasteiger partial charge on any atom is 0.326 e. The van der Waals surface area contributed by atoms with Crippen molar-refractivity contribution >= 4 is 53.2 Å². The molecule has 0 heterocycles. The van der Waals surface area contributed by atoms with E-state index in [4.69, 9.17) is 11.5 Å². The lowest BCUT2D eigenvalue weighted by atomic mass is 9.96. The zero-order chi connectivity index (χ0) is 48.8. The summed E-state index contributed by atoms with van der Waals surface area (Å²) in [6.07, 6.45) is 3.55. The molecule has 3 rings (SSSR count). The van der Waals surface area contributed by atoms with Gasteiger partial charge >= 0.3 is 5.97 Å². The van der Waals surface area contributed by atoms with E-state index in [1.54, 1.807) is 61.5 Å². The number of hydrogen-bond donors (Lipinski definition) is 11. The Labute approximate surface area is 390 Å². The monoisotopic (exact) mass is 934 g/mol. The van der Waals surface area contributed by atoms with Gasteiger partial charge in [0.15, 0.2) is 0 Å². The van der Waals surface area contributed by atoms with Crippen LogP contribution in [0.3, 0.4) is 0 Å². The van der Waals surface area contributed by atoms with Crippen LogP contribution in [0.1, 0.15) is 69.6 Å². The van der Waals surface area contributed by atoms with Crippen molar-refractivity contribution < 1.29 is 48.9 Å². The van der Waals surface area contributed by atoms with Crippen LogP contribution < -0.4 is 43.4 Å². The summed E-state index contributed by atoms with van der Waals surface area (Å²) in [5.74, 6) is -5.34. The lowest BCUT2D eigenvalue weighted by Gasteiger charge is -2.29. The second kappa shape index (κ2) is 28.0. The van der Waals surface area contributed by atoms with Crippen LogP contribution >= 0.6 is 11.8 Å². The van der Waals surface area contributed by atoms with Crippen molar-refractivity contribution in [1.82, 2.24) is 31.9 Å². The van der Waals surface area contributed by atoms with Crippen molar-refractivity contribution in [3.05, 3.63) is 95.6 Å². The van der Waals surface area contributed by atoms with E-state index >= 15 is 0 Å². The zero-order valence-electron chi connectivity index (χ0n) is 38.0. The Balaban J connectivity index is 1.85. The molecule has 0 aliphatic carbocycles. The maximum absolute atomic E-state index is 14.2. The predicted molar refractivity (Wildman–Crippen MR) is 252 cm³/mol. The zero-order valence-corrected chi connectivity index (χ0v) is 38.8. The van der Waals surface area contributed by atoms with Gasteiger partial charge in [0.2, 0.25) is 35.4 Å². The molecule has 3 aromatic carbocycles. The van der Waals surface area contributed by atoms with E-state index in [-0.39, 0.29) is 43.1 Å². The first-order valence-electron chi connectivity index (χ1n) is 22.0. The van der Waals surface area contributed by atoms with E-state index in [0.717, 1.165) is 0 Å². The number of rotatable bonds is 28. The number of phenolic OH excluding ortho intramolecular Hbond substituents is 2. The molecule has 360 valence electrons. The van der Waals surface area contributed by atoms with E-state index in [9.17, 15) is 48.9 Å². The van der Waals surface area contributed by atoms with E-state index in [0.29, 0.717) is 54.7 Å². The summed E-state index contributed by atoms with van der Waals surface area (Å²) in [6, 6.07) is 12.2. The molecule has 0 bridgehead atoms. The lowest BCUT2D eigenvalue weighted by molar-refractivity contribution is -0.142. The molecule has 3 aromatic rings. The predicted octanol–water partition coefficient (Wildman–Crippen LogP) is 1.39. The van der Waals surface area contributed by atoms with Crippen molar-refractivity contribution in [2.45, 2.75) is 114 Å². The molecule has 0 unspecified atom stereocenters. The van der Waals surface area contributed by atoms with Gasteiger partial charge in [-0.2, -0.15) is 11.8 Å². The molecule has 0 aliphatic heterocycles. The summed E-state index contributed by atoms with van der Waals surface area (Å²) >= 11 is 1.53. The summed E-state index contributed by atoms with van der Waals surface area (Å²) in [4.78, 5) is 95.0. The summed E-state index contributed by atoms with van der Waals surface area (Å²) in [6.45, 7) is 5.30. The van der Waals surface area contributed by atoms with E-state index in [2.05, 4.69) is 31.9 Å². The Morgan fingerprint density at radius 3 is 1.55 bits per heavy atom. The van der Waals surface area contributed by atoms with Crippen LogP contribution in [-0.4, -0.2) is 118 Å². The number of aromatic hydroxyl groups is 2. The first-order chi connectivity index (χ1) is 31.4. The van der Waals surface area contributed by atoms with E-state index < -0.39 is 83.7 Å². The van der Waals surface area contributed by atoms with Crippen LogP contribution in [0, 0.1) is 5.92 Å². The molecule has 0 radical (unpaired) electrons. The highest BCUT2D eigenvalue weighted by molar-refractivity contribution is 7.98. The first kappa shape index (κ1) is 54.2. The minimum absolute atomic E-state index is 0.0178. The molecule has 18 nitrogen and oxygen atoms in total. The van der Waals surface area contributed by atoms with Gasteiger partial charge in [0.25, 0.3) is 0 Å². The number of unbranched alkanes of at least 4 members (excludes halogenated alkanes) is 1. The average Bonchev–Trinajstić information content (AvgIpc) is 3.29. The minimum Gasteiger partial charge on any atom is -0.508 e. The minimum atomic E-state index is -1.34. The average molecular weight is 935 g/mol. The van der Waals surface area contributed by atoms with Gasteiger partial charge in [-0.05, 0) is 98.0 Å². The fourth-order valence-corrected chi connectivity index (χ4v) is 7.28. The standard InChI is InChI=1S/C47H66N8O10S/c1-5-28(2)40(55-42(59)35(49)22-24-66-4)46(63)53-38(26-32-16-20-34(57)21-17-32)44(61)51-36(13-9-10-23-48)43(60)50-29(3)41(58)52-37(25-31-14-18-33(56)19-15-31)45(62)54-39(47(64)65)27-30-11-7-6-8-12-30/h6-8,11-12,14-21,28-29,35-40,56-57H,5,9-10,13,22-27,48-49H2,1-4H3,(H,50,60)(H,51,61)(H,52,58)(H,53,63)(H,54,62)(H,55,59)(H,64,65)/t28-,29-,35-,36-,37-,38-,39-,40-/m0/s1. The molecule has 19 heteroatoms. The fourth-order valence-electron chi connectivity index (χ4n) is 6.79. The quantitative estimate of drug-likeness (QED) is 0.0460. The molecular weight excluding hydrogens is 869 g/mol. The number of benzene rings is 3. The number of carboxylic acid groups (broad SMARTS) is 1. The van der Waals surface area contributed by atoms with Crippen LogP contribution in [0.4, 0.5) is 0 Å². The van der Waals surface area contributed by atoms with Crippen molar-refractivity contribution in [3.8, 4) is 11.5 Å². The summed E-state index contributed by atoms with van der Waals surface area (Å²) in [7, 11) is 0. The van der Waals surface area contributed by atoms with Gasteiger partial charge in [0.1, 0.15) is 47.8 Å². The lowest BCUT2D eigenvalue weighted by Crippen LogP contribution is -2.60. The maximum atomic E-state index is 14.2. The third kappa shape index (κ3) is 18.4. The summed E-state index contributed by atoms with van der Waals surface area (Å²) in [5, 5.41) is 45.7. The van der Waals surface area contributed by atoms with Gasteiger partial charge < -0.3 is 58.7 Å². The molecule has 0 saturated carbocycles. The van der Waals surface area contributed by atoms with E-state index in [1.165, 1.54) is 43.0 Å². The van der Waals surface area contributed by atoms with E-state index in [1.807, 2.05) is 13.2 Å². The molecule has 0 fully saturated rings. The normalized spacial score (nSPS) is 14.7. The summed E-state index contributed by atoms with van der Waals surface area (Å²) in [5.41, 5.74) is 13.6. The van der Waals surface area contributed by atoms with Gasteiger partial charge in [-0.25, -0.2) is 4.79 Å². The highest BCUT2D eigenvalue weighted by Gasteiger charge is 2.34. The molecule has 66 heavy (non-hydrogen) atoms. The number of thioether (sulfide) groups is 1. The molecule has 0 aliphatic rings.